The van der Waals surface area contributed by atoms with E-state index in [2.05, 4.69) is 36.5 Å². The average molecular weight is 509 g/mol. The second-order valence-electron chi connectivity index (χ2n) is 8.57. The first-order valence-electron chi connectivity index (χ1n) is 11.7. The highest BCUT2D eigenvalue weighted by Gasteiger charge is 2.34. The molecule has 7 heteroatoms. The maximum Gasteiger partial charge on any atom is 0.270 e. The lowest BCUT2D eigenvalue weighted by molar-refractivity contribution is -0.122. The lowest BCUT2D eigenvalue weighted by Gasteiger charge is -2.28. The predicted octanol–water partition coefficient (Wildman–Crippen LogP) is 5.57. The molecule has 0 saturated carbocycles. The maximum atomic E-state index is 13.2. The minimum absolute atomic E-state index is 0.0282. The summed E-state index contributed by atoms with van der Waals surface area (Å²) in [4.78, 5) is 27.2. The van der Waals surface area contributed by atoms with Crippen LogP contribution in [-0.4, -0.2) is 24.0 Å². The Hall–Kier alpha value is -4.49. The van der Waals surface area contributed by atoms with Crippen molar-refractivity contribution in [1.29, 1.82) is 0 Å². The average Bonchev–Trinajstić information content (AvgIpc) is 2.91. The molecular weight excluding hydrogens is 484 g/mol. The van der Waals surface area contributed by atoms with E-state index in [0.29, 0.717) is 29.4 Å². The second-order valence-corrected chi connectivity index (χ2v) is 8.96. The summed E-state index contributed by atoms with van der Waals surface area (Å²) in [6.45, 7) is 2.43. The third-order valence-corrected chi connectivity index (χ3v) is 6.55. The number of fused-ring (bicyclic) bond motifs is 1. The molecule has 2 amide bonds. The number of carbonyl (C=O) groups is 2. The highest BCUT2D eigenvalue weighted by atomic mass is 32.1. The number of aryl methyl sites for hydroxylation is 1. The molecule has 0 bridgehead atoms. The molecule has 1 fully saturated rings. The normalized spacial score (nSPS) is 14.7. The van der Waals surface area contributed by atoms with Crippen molar-refractivity contribution in [3.8, 4) is 11.5 Å². The summed E-state index contributed by atoms with van der Waals surface area (Å²) in [6, 6.07) is 26.6. The van der Waals surface area contributed by atoms with Crippen molar-refractivity contribution in [1.82, 2.24) is 5.32 Å². The first kappa shape index (κ1) is 24.2. The van der Waals surface area contributed by atoms with Crippen molar-refractivity contribution in [2.24, 2.45) is 0 Å². The Morgan fingerprint density at radius 2 is 1.68 bits per heavy atom. The Bertz CT molecular complexity index is 1560. The van der Waals surface area contributed by atoms with Gasteiger partial charge in [0, 0.05) is 5.56 Å². The lowest BCUT2D eigenvalue weighted by Crippen LogP contribution is -2.54. The summed E-state index contributed by atoms with van der Waals surface area (Å²) in [5.74, 6) is 0.00780. The van der Waals surface area contributed by atoms with Gasteiger partial charge in [-0.3, -0.25) is 19.8 Å². The molecule has 1 saturated heterocycles. The molecule has 0 aromatic heterocycles. The molecule has 4 aromatic rings. The first-order valence-corrected chi connectivity index (χ1v) is 12.1. The number of hydrogen-bond donors (Lipinski definition) is 1. The quantitative estimate of drug-likeness (QED) is 0.210. The van der Waals surface area contributed by atoms with E-state index in [1.165, 1.54) is 11.0 Å². The second kappa shape index (κ2) is 10.2. The summed E-state index contributed by atoms with van der Waals surface area (Å²) in [7, 11) is 1.55. The summed E-state index contributed by atoms with van der Waals surface area (Å²) in [6.07, 6.45) is 1.52. The van der Waals surface area contributed by atoms with Crippen molar-refractivity contribution < 1.29 is 19.1 Å². The standard InChI is InChI=1S/C30H24N2O4S/c1-19-12-14-21-8-6-7-11-23(21)25(19)18-36-26-15-13-20(17-27(26)35-2)16-24-28(33)31-30(37)32(29(24)34)22-9-4-3-5-10-22/h3-17H,18H2,1-2H3,(H,31,33,37)/b24-16-. The number of methoxy groups -OCH3 is 1. The van der Waals surface area contributed by atoms with E-state index in [0.717, 1.165) is 21.9 Å². The minimum Gasteiger partial charge on any atom is -0.493 e. The molecule has 1 aliphatic rings. The molecule has 0 atom stereocenters. The fourth-order valence-corrected chi connectivity index (χ4v) is 4.60. The number of thiocarbonyl (C=S) groups is 1. The van der Waals surface area contributed by atoms with Crippen LogP contribution in [-0.2, 0) is 16.2 Å². The van der Waals surface area contributed by atoms with Crippen LogP contribution < -0.4 is 19.7 Å². The molecule has 0 radical (unpaired) electrons. The van der Waals surface area contributed by atoms with Gasteiger partial charge >= 0.3 is 0 Å². The third kappa shape index (κ3) is 4.81. The van der Waals surface area contributed by atoms with Crippen molar-refractivity contribution in [3.05, 3.63) is 107 Å². The van der Waals surface area contributed by atoms with Gasteiger partial charge in [-0.05, 0) is 71.4 Å². The van der Waals surface area contributed by atoms with Crippen LogP contribution >= 0.6 is 12.2 Å². The number of para-hydroxylation sites is 1. The maximum absolute atomic E-state index is 13.2. The number of carbonyl (C=O) groups excluding carboxylic acids is 2. The highest BCUT2D eigenvalue weighted by molar-refractivity contribution is 7.80. The van der Waals surface area contributed by atoms with Gasteiger partial charge in [-0.25, -0.2) is 0 Å². The Morgan fingerprint density at radius 1 is 0.919 bits per heavy atom. The fourth-order valence-electron chi connectivity index (χ4n) is 4.32. The van der Waals surface area contributed by atoms with Crippen LogP contribution in [0.15, 0.2) is 90.5 Å². The molecule has 0 unspecified atom stereocenters. The summed E-state index contributed by atoms with van der Waals surface area (Å²) >= 11 is 5.25. The van der Waals surface area contributed by atoms with Crippen LogP contribution in [0.2, 0.25) is 0 Å². The van der Waals surface area contributed by atoms with E-state index in [1.807, 2.05) is 18.2 Å². The predicted molar refractivity (Wildman–Crippen MR) is 149 cm³/mol. The topological polar surface area (TPSA) is 67.9 Å². The summed E-state index contributed by atoms with van der Waals surface area (Å²) in [5.41, 5.74) is 3.41. The fraction of sp³-hybridized carbons (Fsp3) is 0.100. The van der Waals surface area contributed by atoms with E-state index in [9.17, 15) is 9.59 Å². The van der Waals surface area contributed by atoms with E-state index >= 15 is 0 Å². The van der Waals surface area contributed by atoms with Crippen LogP contribution in [0.25, 0.3) is 16.8 Å². The first-order chi connectivity index (χ1) is 18.0. The smallest absolute Gasteiger partial charge is 0.270 e. The van der Waals surface area contributed by atoms with Gasteiger partial charge in [0.2, 0.25) is 0 Å². The Labute approximate surface area is 220 Å². The van der Waals surface area contributed by atoms with E-state index in [1.54, 1.807) is 49.6 Å². The number of nitrogens with zero attached hydrogens (tertiary/aromatic N) is 1. The van der Waals surface area contributed by atoms with Gasteiger partial charge in [-0.2, -0.15) is 0 Å². The monoisotopic (exact) mass is 508 g/mol. The lowest BCUT2D eigenvalue weighted by atomic mass is 10.0. The summed E-state index contributed by atoms with van der Waals surface area (Å²) < 4.78 is 11.7. The van der Waals surface area contributed by atoms with Crippen molar-refractivity contribution in [3.63, 3.8) is 0 Å². The number of anilines is 1. The van der Waals surface area contributed by atoms with Crippen LogP contribution in [0.3, 0.4) is 0 Å². The Balaban J connectivity index is 1.42. The van der Waals surface area contributed by atoms with Crippen molar-refractivity contribution in [2.75, 3.05) is 12.0 Å². The van der Waals surface area contributed by atoms with Crippen molar-refractivity contribution in [2.45, 2.75) is 13.5 Å². The summed E-state index contributed by atoms with van der Waals surface area (Å²) in [5, 5.41) is 4.94. The van der Waals surface area contributed by atoms with Gasteiger partial charge in [0.15, 0.2) is 16.6 Å². The van der Waals surface area contributed by atoms with Crippen LogP contribution in [0, 0.1) is 6.92 Å². The van der Waals surface area contributed by atoms with Gasteiger partial charge in [0.05, 0.1) is 12.8 Å². The number of nitrogens with one attached hydrogen (secondary N) is 1. The Kier molecular flexibility index (Phi) is 6.70. The van der Waals surface area contributed by atoms with E-state index in [4.69, 9.17) is 21.7 Å². The largest absolute Gasteiger partial charge is 0.493 e. The number of benzene rings is 4. The SMILES string of the molecule is COc1cc(/C=C2/C(=O)NC(=S)N(c3ccccc3)C2=O)ccc1OCc1c(C)ccc2ccccc12. The van der Waals surface area contributed by atoms with Gasteiger partial charge in [-0.15, -0.1) is 0 Å². The zero-order valence-electron chi connectivity index (χ0n) is 20.4. The van der Waals surface area contributed by atoms with Gasteiger partial charge in [0.1, 0.15) is 12.2 Å². The van der Waals surface area contributed by atoms with Crippen LogP contribution in [0.5, 0.6) is 11.5 Å². The molecule has 37 heavy (non-hydrogen) atoms. The molecule has 1 aliphatic heterocycles. The molecule has 4 aromatic carbocycles. The molecule has 5 rings (SSSR count). The zero-order valence-corrected chi connectivity index (χ0v) is 21.2. The number of hydrogen-bond acceptors (Lipinski definition) is 5. The van der Waals surface area contributed by atoms with Gasteiger partial charge < -0.3 is 9.47 Å². The highest BCUT2D eigenvalue weighted by Crippen LogP contribution is 2.32. The van der Waals surface area contributed by atoms with E-state index < -0.39 is 11.8 Å². The molecule has 1 heterocycles. The number of amides is 2. The number of rotatable bonds is 6. The molecule has 184 valence electrons. The minimum atomic E-state index is -0.548. The van der Waals surface area contributed by atoms with Gasteiger partial charge in [-0.1, -0.05) is 60.7 Å². The molecule has 6 nitrogen and oxygen atoms in total. The van der Waals surface area contributed by atoms with Gasteiger partial charge in [0.25, 0.3) is 11.8 Å². The number of ether oxygens (including phenoxy) is 2. The molecular formula is C30H24N2O4S. The van der Waals surface area contributed by atoms with Crippen LogP contribution in [0.1, 0.15) is 16.7 Å². The molecule has 0 aliphatic carbocycles. The van der Waals surface area contributed by atoms with Crippen molar-refractivity contribution >= 4 is 51.7 Å². The molecule has 1 N–H and O–H groups in total. The third-order valence-electron chi connectivity index (χ3n) is 6.26. The zero-order chi connectivity index (χ0) is 25.9. The Morgan fingerprint density at radius 3 is 2.46 bits per heavy atom. The molecule has 0 spiro atoms. The van der Waals surface area contributed by atoms with E-state index in [-0.39, 0.29) is 10.7 Å². The van der Waals surface area contributed by atoms with Crippen LogP contribution in [0.4, 0.5) is 5.69 Å².